The standard InChI is InChI=1S/C23H22N4O4S/c1-4-16-20(22-24-11-12-32-22)21(27(26-16)18-7-5-6-8-19(18)31-3)25-17-10-9-14(30-2)13-15(17)23(28)29/h5-13,25H,4H2,1-3H3,(H,28,29). The number of benzene rings is 2. The molecule has 0 saturated heterocycles. The first kappa shape index (κ1) is 21.4. The minimum Gasteiger partial charge on any atom is -0.497 e. The van der Waals surface area contributed by atoms with Gasteiger partial charge in [-0.15, -0.1) is 11.3 Å². The lowest BCUT2D eigenvalue weighted by Crippen LogP contribution is -2.08. The van der Waals surface area contributed by atoms with Crippen LogP contribution in [-0.2, 0) is 6.42 Å². The average Bonchev–Trinajstić information content (AvgIpc) is 3.46. The van der Waals surface area contributed by atoms with Crippen molar-refractivity contribution in [2.75, 3.05) is 19.5 Å². The Balaban J connectivity index is 1.96. The van der Waals surface area contributed by atoms with E-state index in [2.05, 4.69) is 10.3 Å². The third kappa shape index (κ3) is 3.90. The van der Waals surface area contributed by atoms with E-state index < -0.39 is 5.97 Å². The van der Waals surface area contributed by atoms with Crippen LogP contribution in [0, 0.1) is 0 Å². The Morgan fingerprint density at radius 3 is 2.66 bits per heavy atom. The third-order valence-electron chi connectivity index (χ3n) is 4.96. The van der Waals surface area contributed by atoms with Gasteiger partial charge >= 0.3 is 5.97 Å². The Labute approximate surface area is 189 Å². The number of ether oxygens (including phenoxy) is 2. The molecule has 2 heterocycles. The highest BCUT2D eigenvalue weighted by Gasteiger charge is 2.24. The molecule has 0 aliphatic heterocycles. The van der Waals surface area contributed by atoms with Crippen LogP contribution in [0.1, 0.15) is 23.0 Å². The van der Waals surface area contributed by atoms with Crippen LogP contribution in [0.3, 0.4) is 0 Å². The maximum Gasteiger partial charge on any atom is 0.337 e. The number of methoxy groups -OCH3 is 2. The van der Waals surface area contributed by atoms with E-state index in [1.165, 1.54) is 24.5 Å². The number of aromatic nitrogens is 3. The molecule has 0 amide bonds. The number of aromatic carboxylic acids is 1. The lowest BCUT2D eigenvalue weighted by molar-refractivity contribution is 0.0697. The van der Waals surface area contributed by atoms with E-state index in [-0.39, 0.29) is 5.56 Å². The molecule has 4 rings (SSSR count). The molecule has 0 aliphatic carbocycles. The lowest BCUT2D eigenvalue weighted by atomic mass is 10.1. The molecule has 4 aromatic rings. The summed E-state index contributed by atoms with van der Waals surface area (Å²) < 4.78 is 12.5. The first-order valence-corrected chi connectivity index (χ1v) is 10.8. The topological polar surface area (TPSA) is 98.5 Å². The van der Waals surface area contributed by atoms with Crippen molar-refractivity contribution in [1.29, 1.82) is 0 Å². The Bertz CT molecular complexity index is 1250. The summed E-state index contributed by atoms with van der Waals surface area (Å²) in [5, 5.41) is 20.6. The predicted octanol–water partition coefficient (Wildman–Crippen LogP) is 5.02. The van der Waals surface area contributed by atoms with Crippen LogP contribution in [0.5, 0.6) is 11.5 Å². The van der Waals surface area contributed by atoms with Crippen molar-refractivity contribution in [3.8, 4) is 27.8 Å². The number of aryl methyl sites for hydroxylation is 1. The van der Waals surface area contributed by atoms with Gasteiger partial charge < -0.3 is 19.9 Å². The molecule has 2 aromatic heterocycles. The van der Waals surface area contributed by atoms with Crippen LogP contribution in [0.2, 0.25) is 0 Å². The maximum atomic E-state index is 12.0. The van der Waals surface area contributed by atoms with Gasteiger partial charge in [0.05, 0.1) is 36.7 Å². The molecule has 32 heavy (non-hydrogen) atoms. The van der Waals surface area contributed by atoms with E-state index in [1.54, 1.807) is 30.1 Å². The normalized spacial score (nSPS) is 10.7. The Morgan fingerprint density at radius 2 is 2.00 bits per heavy atom. The molecule has 0 saturated carbocycles. The SMILES string of the molecule is CCc1nn(-c2ccccc2OC)c(Nc2ccc(OC)cc2C(=O)O)c1-c1nccs1. The fraction of sp³-hybridized carbons (Fsp3) is 0.174. The lowest BCUT2D eigenvalue weighted by Gasteiger charge is -2.16. The number of carboxylic acid groups (broad SMARTS) is 1. The van der Waals surface area contributed by atoms with Gasteiger partial charge in [-0.3, -0.25) is 0 Å². The van der Waals surface area contributed by atoms with Gasteiger partial charge in [-0.05, 0) is 36.8 Å². The van der Waals surface area contributed by atoms with Crippen molar-refractivity contribution in [2.45, 2.75) is 13.3 Å². The Morgan fingerprint density at radius 1 is 1.19 bits per heavy atom. The molecule has 164 valence electrons. The molecule has 0 bridgehead atoms. The number of hydrogen-bond donors (Lipinski definition) is 2. The summed E-state index contributed by atoms with van der Waals surface area (Å²) >= 11 is 1.49. The van der Waals surface area contributed by atoms with Crippen LogP contribution in [0.15, 0.2) is 54.0 Å². The van der Waals surface area contributed by atoms with Gasteiger partial charge in [0.15, 0.2) is 0 Å². The molecule has 0 atom stereocenters. The summed E-state index contributed by atoms with van der Waals surface area (Å²) in [4.78, 5) is 16.5. The Kier molecular flexibility index (Phi) is 6.09. The van der Waals surface area contributed by atoms with Gasteiger partial charge in [0.1, 0.15) is 28.0 Å². The number of carboxylic acids is 1. The number of thiazole rings is 1. The predicted molar refractivity (Wildman–Crippen MR) is 124 cm³/mol. The van der Waals surface area contributed by atoms with E-state index in [0.29, 0.717) is 29.4 Å². The number of nitrogens with one attached hydrogen (secondary N) is 1. The van der Waals surface area contributed by atoms with Crippen molar-refractivity contribution in [2.24, 2.45) is 0 Å². The number of carbonyl (C=O) groups is 1. The van der Waals surface area contributed by atoms with Crippen LogP contribution >= 0.6 is 11.3 Å². The van der Waals surface area contributed by atoms with Crippen molar-refractivity contribution in [3.63, 3.8) is 0 Å². The van der Waals surface area contributed by atoms with Crippen LogP contribution in [-0.4, -0.2) is 40.1 Å². The summed E-state index contributed by atoms with van der Waals surface area (Å²) in [6.45, 7) is 2.02. The molecule has 0 aliphatic rings. The van der Waals surface area contributed by atoms with Crippen LogP contribution in [0.4, 0.5) is 11.5 Å². The summed E-state index contributed by atoms with van der Waals surface area (Å²) in [6.07, 6.45) is 2.40. The average molecular weight is 451 g/mol. The first-order valence-electron chi connectivity index (χ1n) is 9.90. The van der Waals surface area contributed by atoms with Gasteiger partial charge in [-0.25, -0.2) is 14.5 Å². The van der Waals surface area contributed by atoms with E-state index in [0.717, 1.165) is 22.0 Å². The largest absolute Gasteiger partial charge is 0.497 e. The fourth-order valence-electron chi connectivity index (χ4n) is 3.44. The summed E-state index contributed by atoms with van der Waals surface area (Å²) in [5.74, 6) is 0.635. The zero-order chi connectivity index (χ0) is 22.7. The van der Waals surface area contributed by atoms with Crippen molar-refractivity contribution < 1.29 is 19.4 Å². The van der Waals surface area contributed by atoms with E-state index in [1.807, 2.05) is 36.6 Å². The molecular formula is C23H22N4O4S. The highest BCUT2D eigenvalue weighted by molar-refractivity contribution is 7.13. The zero-order valence-electron chi connectivity index (χ0n) is 17.8. The molecule has 0 fully saturated rings. The van der Waals surface area contributed by atoms with Crippen molar-refractivity contribution in [3.05, 3.63) is 65.3 Å². The van der Waals surface area contributed by atoms with Gasteiger partial charge in [0.2, 0.25) is 0 Å². The van der Waals surface area contributed by atoms with Crippen LogP contribution < -0.4 is 14.8 Å². The maximum absolute atomic E-state index is 12.0. The van der Waals surface area contributed by atoms with E-state index in [4.69, 9.17) is 14.6 Å². The van der Waals surface area contributed by atoms with E-state index >= 15 is 0 Å². The molecule has 8 nitrogen and oxygen atoms in total. The number of para-hydroxylation sites is 2. The monoisotopic (exact) mass is 450 g/mol. The summed E-state index contributed by atoms with van der Waals surface area (Å²) in [5.41, 5.74) is 2.87. The van der Waals surface area contributed by atoms with Crippen LogP contribution in [0.25, 0.3) is 16.3 Å². The summed E-state index contributed by atoms with van der Waals surface area (Å²) in [7, 11) is 3.10. The molecule has 9 heteroatoms. The minimum atomic E-state index is -1.07. The number of nitrogens with zero attached hydrogens (tertiary/aromatic N) is 3. The molecule has 0 radical (unpaired) electrons. The molecule has 0 unspecified atom stereocenters. The van der Waals surface area contributed by atoms with E-state index in [9.17, 15) is 9.90 Å². The fourth-order valence-corrected chi connectivity index (χ4v) is 4.15. The second-order valence-electron chi connectivity index (χ2n) is 6.79. The van der Waals surface area contributed by atoms with Gasteiger partial charge in [0, 0.05) is 11.6 Å². The zero-order valence-corrected chi connectivity index (χ0v) is 18.6. The molecule has 2 N–H and O–H groups in total. The van der Waals surface area contributed by atoms with Gasteiger partial charge in [-0.1, -0.05) is 19.1 Å². The van der Waals surface area contributed by atoms with Gasteiger partial charge in [-0.2, -0.15) is 5.10 Å². The second kappa shape index (κ2) is 9.11. The third-order valence-corrected chi connectivity index (χ3v) is 5.75. The minimum absolute atomic E-state index is 0.0836. The molecule has 0 spiro atoms. The van der Waals surface area contributed by atoms with Crippen molar-refractivity contribution in [1.82, 2.24) is 14.8 Å². The highest BCUT2D eigenvalue weighted by atomic mass is 32.1. The highest BCUT2D eigenvalue weighted by Crippen LogP contribution is 2.39. The van der Waals surface area contributed by atoms with Crippen molar-refractivity contribution >= 4 is 28.8 Å². The quantitative estimate of drug-likeness (QED) is 0.389. The second-order valence-corrected chi connectivity index (χ2v) is 7.68. The number of hydrogen-bond acceptors (Lipinski definition) is 7. The molecule has 2 aromatic carbocycles. The smallest absolute Gasteiger partial charge is 0.337 e. The number of anilines is 2. The Hall–Kier alpha value is -3.85. The molecular weight excluding hydrogens is 428 g/mol. The number of rotatable bonds is 8. The first-order chi connectivity index (χ1) is 15.6. The summed E-state index contributed by atoms with van der Waals surface area (Å²) in [6, 6.07) is 12.4. The van der Waals surface area contributed by atoms with Gasteiger partial charge in [0.25, 0.3) is 0 Å².